The minimum atomic E-state index is -0.145. The number of carbonyl (C=O) groups excluding carboxylic acids is 1. The summed E-state index contributed by atoms with van der Waals surface area (Å²) in [5.41, 5.74) is 1.68. The summed E-state index contributed by atoms with van der Waals surface area (Å²) < 4.78 is 0. The molecule has 1 saturated heterocycles. The summed E-state index contributed by atoms with van der Waals surface area (Å²) in [7, 11) is 0. The second-order valence-corrected chi connectivity index (χ2v) is 6.40. The molecule has 0 aliphatic carbocycles. The Morgan fingerprint density at radius 2 is 1.55 bits per heavy atom. The van der Waals surface area contributed by atoms with Crippen LogP contribution in [0.5, 0.6) is 0 Å². The van der Waals surface area contributed by atoms with E-state index in [1.165, 1.54) is 0 Å². The molecule has 0 aromatic heterocycles. The molecule has 0 spiro atoms. The van der Waals surface area contributed by atoms with Crippen LogP contribution in [-0.4, -0.2) is 11.1 Å². The maximum absolute atomic E-state index is 11.6. The lowest BCUT2D eigenvalue weighted by Crippen LogP contribution is -2.18. The molecule has 110 valence electrons. The van der Waals surface area contributed by atoms with Crippen molar-refractivity contribution < 1.29 is 4.79 Å². The third-order valence-corrected chi connectivity index (χ3v) is 4.21. The first-order valence-corrected chi connectivity index (χ1v) is 7.98. The minimum Gasteiger partial charge on any atom is -0.300 e. The van der Waals surface area contributed by atoms with Crippen LogP contribution in [-0.2, 0) is 0 Å². The molecule has 0 saturated carbocycles. The van der Waals surface area contributed by atoms with Crippen molar-refractivity contribution in [3.63, 3.8) is 0 Å². The average Bonchev–Trinajstić information content (AvgIpc) is 2.83. The smallest absolute Gasteiger partial charge is 0.289 e. The number of halogens is 2. The van der Waals surface area contributed by atoms with Crippen LogP contribution in [0, 0.1) is 0 Å². The maximum atomic E-state index is 11.6. The molecule has 0 atom stereocenters. The third-order valence-electron chi connectivity index (χ3n) is 2.89. The largest absolute Gasteiger partial charge is 0.300 e. The molecular weight excluding hydrogens is 339 g/mol. The molecular formula is C16H10Cl2N2OS. The predicted octanol–water partition coefficient (Wildman–Crippen LogP) is 5.52. The van der Waals surface area contributed by atoms with Gasteiger partial charge in [-0.05, 0) is 59.8 Å². The summed E-state index contributed by atoms with van der Waals surface area (Å²) in [5.74, 6) is 0.535. The molecule has 1 fully saturated rings. The van der Waals surface area contributed by atoms with Crippen molar-refractivity contribution in [3.05, 3.63) is 69.0 Å². The first-order valence-electron chi connectivity index (χ1n) is 6.41. The summed E-state index contributed by atoms with van der Waals surface area (Å²) in [4.78, 5) is 16.9. The number of benzene rings is 2. The monoisotopic (exact) mass is 348 g/mol. The fourth-order valence-corrected chi connectivity index (χ4v) is 2.86. The van der Waals surface area contributed by atoms with E-state index >= 15 is 0 Å². The highest BCUT2D eigenvalue weighted by molar-refractivity contribution is 8.18. The topological polar surface area (TPSA) is 41.5 Å². The lowest BCUT2D eigenvalue weighted by Gasteiger charge is -2.00. The zero-order valence-corrected chi connectivity index (χ0v) is 13.5. The van der Waals surface area contributed by atoms with E-state index in [0.717, 1.165) is 27.9 Å². The van der Waals surface area contributed by atoms with Gasteiger partial charge in [-0.3, -0.25) is 4.79 Å². The first kappa shape index (κ1) is 15.2. The number of hydrogen-bond acceptors (Lipinski definition) is 3. The molecule has 1 amide bonds. The standard InChI is InChI=1S/C16H10Cl2N2OS/c17-11-3-1-10(2-4-11)9-14-15(20-16(21)22-14)19-13-7-5-12(18)6-8-13/h1-9H,(H,19,20,21)/b14-9-. The number of amides is 1. The fraction of sp³-hybridized carbons (Fsp3) is 0. The molecule has 22 heavy (non-hydrogen) atoms. The van der Waals surface area contributed by atoms with E-state index in [4.69, 9.17) is 23.2 Å². The SMILES string of the molecule is O=C1NC(=Nc2ccc(Cl)cc2)/C(=C/c2ccc(Cl)cc2)S1. The van der Waals surface area contributed by atoms with Gasteiger partial charge in [-0.25, -0.2) is 4.99 Å². The lowest BCUT2D eigenvalue weighted by atomic mass is 10.2. The summed E-state index contributed by atoms with van der Waals surface area (Å²) in [5, 5.41) is 3.92. The number of rotatable bonds is 2. The number of nitrogens with zero attached hydrogens (tertiary/aromatic N) is 1. The van der Waals surface area contributed by atoms with Crippen LogP contribution in [0.4, 0.5) is 10.5 Å². The van der Waals surface area contributed by atoms with E-state index in [1.807, 2.05) is 18.2 Å². The molecule has 6 heteroatoms. The van der Waals surface area contributed by atoms with Gasteiger partial charge in [-0.1, -0.05) is 35.3 Å². The second-order valence-electron chi connectivity index (χ2n) is 4.51. The molecule has 0 radical (unpaired) electrons. The van der Waals surface area contributed by atoms with E-state index in [2.05, 4.69) is 10.3 Å². The van der Waals surface area contributed by atoms with Gasteiger partial charge in [0.2, 0.25) is 0 Å². The highest BCUT2D eigenvalue weighted by Crippen LogP contribution is 2.29. The lowest BCUT2D eigenvalue weighted by molar-refractivity contribution is 0.265. The normalized spacial score (nSPS) is 18.0. The van der Waals surface area contributed by atoms with Crippen LogP contribution in [0.3, 0.4) is 0 Å². The Kier molecular flexibility index (Phi) is 4.52. The van der Waals surface area contributed by atoms with E-state index in [-0.39, 0.29) is 5.24 Å². The highest BCUT2D eigenvalue weighted by atomic mass is 35.5. The Bertz CT molecular complexity index is 702. The molecule has 1 aliphatic rings. The zero-order chi connectivity index (χ0) is 15.5. The van der Waals surface area contributed by atoms with E-state index in [0.29, 0.717) is 15.9 Å². The van der Waals surface area contributed by atoms with Gasteiger partial charge in [0.25, 0.3) is 5.24 Å². The summed E-state index contributed by atoms with van der Waals surface area (Å²) in [6.45, 7) is 0. The van der Waals surface area contributed by atoms with Crippen molar-refractivity contribution >= 4 is 57.8 Å². The number of amidine groups is 1. The molecule has 1 N–H and O–H groups in total. The molecule has 3 nitrogen and oxygen atoms in total. The number of carbonyl (C=O) groups is 1. The van der Waals surface area contributed by atoms with Gasteiger partial charge in [0.05, 0.1) is 10.6 Å². The Morgan fingerprint density at radius 3 is 2.18 bits per heavy atom. The Hall–Kier alpha value is -1.75. The maximum Gasteiger partial charge on any atom is 0.289 e. The molecule has 2 aromatic rings. The highest BCUT2D eigenvalue weighted by Gasteiger charge is 2.23. The van der Waals surface area contributed by atoms with Gasteiger partial charge < -0.3 is 5.32 Å². The van der Waals surface area contributed by atoms with Crippen molar-refractivity contribution in [3.8, 4) is 0 Å². The van der Waals surface area contributed by atoms with Crippen molar-refractivity contribution in [2.45, 2.75) is 0 Å². The Balaban J connectivity index is 1.93. The van der Waals surface area contributed by atoms with Crippen LogP contribution < -0.4 is 5.32 Å². The van der Waals surface area contributed by atoms with E-state index in [9.17, 15) is 4.79 Å². The summed E-state index contributed by atoms with van der Waals surface area (Å²) in [6, 6.07) is 14.5. The zero-order valence-electron chi connectivity index (χ0n) is 11.2. The number of thioether (sulfide) groups is 1. The van der Waals surface area contributed by atoms with E-state index < -0.39 is 0 Å². The molecule has 3 rings (SSSR count). The minimum absolute atomic E-state index is 0.145. The predicted molar refractivity (Wildman–Crippen MR) is 94.1 cm³/mol. The van der Waals surface area contributed by atoms with Gasteiger partial charge >= 0.3 is 0 Å². The van der Waals surface area contributed by atoms with Crippen molar-refractivity contribution in [1.29, 1.82) is 0 Å². The Labute approximate surface area is 142 Å². The summed E-state index contributed by atoms with van der Waals surface area (Å²) >= 11 is 12.8. The second kappa shape index (κ2) is 6.57. The first-order chi connectivity index (χ1) is 10.6. The third kappa shape index (κ3) is 3.71. The van der Waals surface area contributed by atoms with Crippen molar-refractivity contribution in [1.82, 2.24) is 5.32 Å². The fourth-order valence-electron chi connectivity index (χ4n) is 1.87. The molecule has 1 aliphatic heterocycles. The molecule has 0 unspecified atom stereocenters. The van der Waals surface area contributed by atoms with Gasteiger partial charge in [0.15, 0.2) is 0 Å². The van der Waals surface area contributed by atoms with Gasteiger partial charge in [0, 0.05) is 10.0 Å². The van der Waals surface area contributed by atoms with Gasteiger partial charge in [-0.15, -0.1) is 0 Å². The van der Waals surface area contributed by atoms with Gasteiger partial charge in [0.1, 0.15) is 5.84 Å². The van der Waals surface area contributed by atoms with Crippen LogP contribution in [0.15, 0.2) is 58.4 Å². The molecule has 1 heterocycles. The van der Waals surface area contributed by atoms with E-state index in [1.54, 1.807) is 36.4 Å². The van der Waals surface area contributed by atoms with Crippen molar-refractivity contribution in [2.75, 3.05) is 0 Å². The van der Waals surface area contributed by atoms with Crippen LogP contribution in [0.2, 0.25) is 10.0 Å². The number of hydrogen-bond donors (Lipinski definition) is 1. The molecule has 0 bridgehead atoms. The average molecular weight is 349 g/mol. The number of nitrogens with one attached hydrogen (secondary N) is 1. The number of aliphatic imine (C=N–C) groups is 1. The van der Waals surface area contributed by atoms with Gasteiger partial charge in [-0.2, -0.15) is 0 Å². The molecule has 2 aromatic carbocycles. The van der Waals surface area contributed by atoms with Crippen LogP contribution in [0.1, 0.15) is 5.56 Å². The van der Waals surface area contributed by atoms with Crippen LogP contribution in [0.25, 0.3) is 6.08 Å². The Morgan fingerprint density at radius 1 is 0.955 bits per heavy atom. The van der Waals surface area contributed by atoms with Crippen molar-refractivity contribution in [2.24, 2.45) is 4.99 Å². The van der Waals surface area contributed by atoms with Crippen LogP contribution >= 0.6 is 35.0 Å². The summed E-state index contributed by atoms with van der Waals surface area (Å²) in [6.07, 6.45) is 1.90. The quantitative estimate of drug-likeness (QED) is 0.775.